The van der Waals surface area contributed by atoms with Crippen LogP contribution in [0.5, 0.6) is 0 Å². The molecule has 7 nitrogen and oxygen atoms in total. The van der Waals surface area contributed by atoms with E-state index < -0.39 is 17.9 Å². The standard InChI is InChI=1S/C21H28N2O5/c1-13(23-19(25)17-3-2-4-27-17)20(26)28-11-18(24)22-12-21-8-14-5-15(9-21)7-16(6-14)10-21/h2-4,13-16H,5-12H2,1H3,(H,22,24)(H,23,25)/t13-,14?,15?,16?,21?/m0/s1. The summed E-state index contributed by atoms with van der Waals surface area (Å²) in [4.78, 5) is 36.1. The first-order chi connectivity index (χ1) is 13.4. The molecule has 4 bridgehead atoms. The number of carbonyl (C=O) groups is 3. The van der Waals surface area contributed by atoms with Crippen molar-refractivity contribution >= 4 is 17.8 Å². The summed E-state index contributed by atoms with van der Waals surface area (Å²) in [7, 11) is 0. The summed E-state index contributed by atoms with van der Waals surface area (Å²) in [6.07, 6.45) is 9.13. The van der Waals surface area contributed by atoms with E-state index in [0.717, 1.165) is 17.8 Å². The van der Waals surface area contributed by atoms with Crippen molar-refractivity contribution in [1.82, 2.24) is 10.6 Å². The summed E-state index contributed by atoms with van der Waals surface area (Å²) in [6.45, 7) is 1.86. The number of hydrogen-bond donors (Lipinski definition) is 2. The third-order valence-corrected chi connectivity index (χ3v) is 6.62. The highest BCUT2D eigenvalue weighted by molar-refractivity contribution is 5.94. The molecule has 4 saturated carbocycles. The van der Waals surface area contributed by atoms with E-state index in [1.807, 2.05) is 0 Å². The monoisotopic (exact) mass is 388 g/mol. The molecular formula is C21H28N2O5. The quantitative estimate of drug-likeness (QED) is 0.699. The van der Waals surface area contributed by atoms with Crippen LogP contribution < -0.4 is 10.6 Å². The van der Waals surface area contributed by atoms with Gasteiger partial charge in [-0.3, -0.25) is 9.59 Å². The number of rotatable bonds is 7. The van der Waals surface area contributed by atoms with Crippen LogP contribution in [0.1, 0.15) is 56.0 Å². The summed E-state index contributed by atoms with van der Waals surface area (Å²) in [5.41, 5.74) is 0.249. The van der Waals surface area contributed by atoms with E-state index in [-0.39, 0.29) is 23.7 Å². The Morgan fingerprint density at radius 3 is 2.39 bits per heavy atom. The molecule has 1 aromatic heterocycles. The Morgan fingerprint density at radius 2 is 1.82 bits per heavy atom. The van der Waals surface area contributed by atoms with Gasteiger partial charge in [-0.25, -0.2) is 4.79 Å². The van der Waals surface area contributed by atoms with E-state index in [4.69, 9.17) is 9.15 Å². The van der Waals surface area contributed by atoms with Gasteiger partial charge in [-0.05, 0) is 80.8 Å². The molecule has 0 spiro atoms. The Balaban J connectivity index is 1.19. The second kappa shape index (κ2) is 7.60. The van der Waals surface area contributed by atoms with Crippen LogP contribution in [0.4, 0.5) is 0 Å². The number of esters is 1. The van der Waals surface area contributed by atoms with Crippen LogP contribution in [-0.4, -0.2) is 37.0 Å². The predicted octanol–water partition coefficient (Wildman–Crippen LogP) is 2.27. The third-order valence-electron chi connectivity index (χ3n) is 6.62. The molecule has 2 amide bonds. The van der Waals surface area contributed by atoms with Gasteiger partial charge in [0.15, 0.2) is 12.4 Å². The van der Waals surface area contributed by atoms with E-state index in [9.17, 15) is 14.4 Å². The highest BCUT2D eigenvalue weighted by Crippen LogP contribution is 2.59. The smallest absolute Gasteiger partial charge is 0.328 e. The van der Waals surface area contributed by atoms with Crippen molar-refractivity contribution in [2.45, 2.75) is 51.5 Å². The predicted molar refractivity (Wildman–Crippen MR) is 100 cm³/mol. The van der Waals surface area contributed by atoms with Gasteiger partial charge in [0.2, 0.25) is 0 Å². The Kier molecular flexibility index (Phi) is 5.17. The van der Waals surface area contributed by atoms with E-state index in [2.05, 4.69) is 10.6 Å². The molecule has 7 heteroatoms. The number of nitrogens with one attached hydrogen (secondary N) is 2. The largest absolute Gasteiger partial charge is 0.459 e. The molecule has 0 unspecified atom stereocenters. The second-order valence-corrected chi connectivity index (χ2v) is 8.97. The second-order valence-electron chi connectivity index (χ2n) is 8.97. The van der Waals surface area contributed by atoms with Crippen molar-refractivity contribution in [2.75, 3.05) is 13.2 Å². The molecule has 1 atom stereocenters. The lowest BCUT2D eigenvalue weighted by atomic mass is 9.49. The molecule has 4 fully saturated rings. The minimum Gasteiger partial charge on any atom is -0.459 e. The molecule has 5 rings (SSSR count). The maximum atomic E-state index is 12.2. The van der Waals surface area contributed by atoms with Gasteiger partial charge < -0.3 is 19.8 Å². The summed E-state index contributed by atoms with van der Waals surface area (Å²) in [6, 6.07) is 2.23. The van der Waals surface area contributed by atoms with E-state index in [1.165, 1.54) is 57.8 Å². The van der Waals surface area contributed by atoms with Crippen molar-refractivity contribution in [3.63, 3.8) is 0 Å². The minimum atomic E-state index is -0.867. The van der Waals surface area contributed by atoms with Crippen molar-refractivity contribution in [1.29, 1.82) is 0 Å². The highest BCUT2D eigenvalue weighted by Gasteiger charge is 2.50. The van der Waals surface area contributed by atoms with Gasteiger partial charge in [-0.2, -0.15) is 0 Å². The number of furan rings is 1. The minimum absolute atomic E-state index is 0.118. The van der Waals surface area contributed by atoms with Crippen molar-refractivity contribution in [3.8, 4) is 0 Å². The Labute approximate surface area is 164 Å². The summed E-state index contributed by atoms with van der Waals surface area (Å²) in [5.74, 6) is 1.19. The van der Waals surface area contributed by atoms with Gasteiger partial charge in [0.1, 0.15) is 6.04 Å². The van der Waals surface area contributed by atoms with Crippen LogP contribution in [0.3, 0.4) is 0 Å². The van der Waals surface area contributed by atoms with Crippen LogP contribution in [0.15, 0.2) is 22.8 Å². The number of hydrogen-bond acceptors (Lipinski definition) is 5. The molecule has 0 saturated heterocycles. The molecule has 2 N–H and O–H groups in total. The van der Waals surface area contributed by atoms with Gasteiger partial charge in [0.05, 0.1) is 6.26 Å². The van der Waals surface area contributed by atoms with Gasteiger partial charge in [-0.1, -0.05) is 0 Å². The zero-order chi connectivity index (χ0) is 19.7. The summed E-state index contributed by atoms with van der Waals surface area (Å²) in [5, 5.41) is 5.47. The molecule has 152 valence electrons. The first-order valence-corrected chi connectivity index (χ1v) is 10.2. The average molecular weight is 388 g/mol. The van der Waals surface area contributed by atoms with Crippen LogP contribution in [-0.2, 0) is 14.3 Å². The molecule has 4 aliphatic rings. The molecule has 1 heterocycles. The molecule has 28 heavy (non-hydrogen) atoms. The number of ether oxygens (including phenoxy) is 1. The fourth-order valence-corrected chi connectivity index (χ4v) is 5.84. The molecule has 0 aromatic carbocycles. The van der Waals surface area contributed by atoms with Crippen LogP contribution in [0.2, 0.25) is 0 Å². The lowest BCUT2D eigenvalue weighted by molar-refractivity contribution is -0.150. The first kappa shape index (κ1) is 19.0. The van der Waals surface area contributed by atoms with Gasteiger partial charge >= 0.3 is 5.97 Å². The first-order valence-electron chi connectivity index (χ1n) is 10.2. The highest BCUT2D eigenvalue weighted by atomic mass is 16.5. The SMILES string of the molecule is C[C@H](NC(=O)c1ccco1)C(=O)OCC(=O)NCC12CC3CC(CC(C3)C1)C2. The molecule has 0 aliphatic heterocycles. The van der Waals surface area contributed by atoms with Gasteiger partial charge in [0, 0.05) is 6.54 Å². The maximum Gasteiger partial charge on any atom is 0.328 e. The Hall–Kier alpha value is -2.31. The van der Waals surface area contributed by atoms with Crippen LogP contribution in [0, 0.1) is 23.2 Å². The average Bonchev–Trinajstić information content (AvgIpc) is 3.18. The van der Waals surface area contributed by atoms with E-state index in [0.29, 0.717) is 6.54 Å². The fraction of sp³-hybridized carbons (Fsp3) is 0.667. The van der Waals surface area contributed by atoms with Crippen molar-refractivity contribution < 1.29 is 23.5 Å². The van der Waals surface area contributed by atoms with Crippen LogP contribution >= 0.6 is 0 Å². The molecule has 4 aliphatic carbocycles. The van der Waals surface area contributed by atoms with E-state index in [1.54, 1.807) is 6.07 Å². The van der Waals surface area contributed by atoms with Crippen molar-refractivity contribution in [3.05, 3.63) is 24.2 Å². The Morgan fingerprint density at radius 1 is 1.18 bits per heavy atom. The fourth-order valence-electron chi connectivity index (χ4n) is 5.84. The van der Waals surface area contributed by atoms with Gasteiger partial charge in [-0.15, -0.1) is 0 Å². The van der Waals surface area contributed by atoms with Crippen LogP contribution in [0.25, 0.3) is 0 Å². The summed E-state index contributed by atoms with van der Waals surface area (Å²) >= 11 is 0. The van der Waals surface area contributed by atoms with E-state index >= 15 is 0 Å². The number of carbonyl (C=O) groups excluding carboxylic acids is 3. The third kappa shape index (κ3) is 4.08. The molecule has 1 aromatic rings. The summed E-state index contributed by atoms with van der Waals surface area (Å²) < 4.78 is 10.0. The van der Waals surface area contributed by atoms with Crippen molar-refractivity contribution in [2.24, 2.45) is 23.2 Å². The lowest BCUT2D eigenvalue weighted by Gasteiger charge is -2.56. The lowest BCUT2D eigenvalue weighted by Crippen LogP contribution is -2.51. The van der Waals surface area contributed by atoms with Gasteiger partial charge in [0.25, 0.3) is 11.8 Å². The zero-order valence-electron chi connectivity index (χ0n) is 16.2. The normalized spacial score (nSPS) is 31.2. The maximum absolute atomic E-state index is 12.2. The topological polar surface area (TPSA) is 97.6 Å². The molecular weight excluding hydrogens is 360 g/mol. The number of amides is 2. The molecule has 0 radical (unpaired) electrons. The Bertz CT molecular complexity index is 707. The zero-order valence-corrected chi connectivity index (χ0v) is 16.2.